The van der Waals surface area contributed by atoms with Crippen molar-refractivity contribution in [1.82, 2.24) is 4.72 Å². The second kappa shape index (κ2) is 7.61. The van der Waals surface area contributed by atoms with Gasteiger partial charge in [-0.2, -0.15) is 0 Å². The van der Waals surface area contributed by atoms with Gasteiger partial charge in [-0.25, -0.2) is 13.1 Å². The highest BCUT2D eigenvalue weighted by Crippen LogP contribution is 2.22. The maximum atomic E-state index is 12.4. The van der Waals surface area contributed by atoms with Crippen molar-refractivity contribution in [2.75, 3.05) is 13.7 Å². The highest BCUT2D eigenvalue weighted by Gasteiger charge is 2.21. The topological polar surface area (TPSA) is 75.6 Å². The quantitative estimate of drug-likeness (QED) is 0.766. The Morgan fingerprint density at radius 3 is 2.45 bits per heavy atom. The molecule has 0 aliphatic rings. The molecule has 0 bridgehead atoms. The molecule has 0 atom stereocenters. The van der Waals surface area contributed by atoms with Gasteiger partial charge in [0, 0.05) is 12.6 Å². The third-order valence-corrected chi connectivity index (χ3v) is 4.87. The van der Waals surface area contributed by atoms with E-state index in [1.165, 1.54) is 13.2 Å². The van der Waals surface area contributed by atoms with Gasteiger partial charge in [-0.3, -0.25) is 0 Å². The summed E-state index contributed by atoms with van der Waals surface area (Å²) < 4.78 is 32.6. The van der Waals surface area contributed by atoms with Crippen molar-refractivity contribution in [2.24, 2.45) is 0 Å². The number of aliphatic hydroxyl groups excluding tert-OH is 1. The minimum absolute atomic E-state index is 0.0796. The zero-order chi connectivity index (χ0) is 15.2. The number of hydrogen-bond donors (Lipinski definition) is 2. The molecule has 0 heterocycles. The van der Waals surface area contributed by atoms with E-state index in [0.717, 1.165) is 12.8 Å². The van der Waals surface area contributed by atoms with Gasteiger partial charge in [-0.15, -0.1) is 0 Å². The Bertz CT molecular complexity index is 524. The van der Waals surface area contributed by atoms with Gasteiger partial charge in [0.05, 0.1) is 12.0 Å². The monoisotopic (exact) mass is 301 g/mol. The normalized spacial score (nSPS) is 11.8. The minimum Gasteiger partial charge on any atom is -0.497 e. The Kier molecular flexibility index (Phi) is 6.45. The van der Waals surface area contributed by atoms with Crippen molar-refractivity contribution in [3.8, 4) is 5.75 Å². The number of nitrogens with one attached hydrogen (secondary N) is 1. The number of rotatable bonds is 8. The van der Waals surface area contributed by atoms with Crippen molar-refractivity contribution in [1.29, 1.82) is 0 Å². The van der Waals surface area contributed by atoms with Crippen LogP contribution in [0.15, 0.2) is 23.1 Å². The number of benzene rings is 1. The van der Waals surface area contributed by atoms with Crippen molar-refractivity contribution >= 4 is 10.0 Å². The first-order valence-electron chi connectivity index (χ1n) is 6.78. The maximum Gasteiger partial charge on any atom is 0.241 e. The van der Waals surface area contributed by atoms with Crippen LogP contribution in [0.4, 0.5) is 0 Å². The van der Waals surface area contributed by atoms with Gasteiger partial charge in [0.25, 0.3) is 0 Å². The summed E-state index contributed by atoms with van der Waals surface area (Å²) in [6.07, 6.45) is 1.75. The highest BCUT2D eigenvalue weighted by atomic mass is 32.2. The summed E-state index contributed by atoms with van der Waals surface area (Å²) in [4.78, 5) is 0.208. The van der Waals surface area contributed by atoms with Crippen LogP contribution in [0.3, 0.4) is 0 Å². The molecule has 0 aliphatic carbocycles. The van der Waals surface area contributed by atoms with Crippen molar-refractivity contribution < 1.29 is 18.3 Å². The van der Waals surface area contributed by atoms with E-state index < -0.39 is 10.0 Å². The Morgan fingerprint density at radius 2 is 1.95 bits per heavy atom. The highest BCUT2D eigenvalue weighted by molar-refractivity contribution is 7.89. The van der Waals surface area contributed by atoms with Gasteiger partial charge < -0.3 is 9.84 Å². The van der Waals surface area contributed by atoms with Crippen LogP contribution >= 0.6 is 0 Å². The van der Waals surface area contributed by atoms with Crippen molar-refractivity contribution in [2.45, 2.75) is 44.0 Å². The van der Waals surface area contributed by atoms with Crippen LogP contribution in [0.2, 0.25) is 0 Å². The molecule has 0 aliphatic heterocycles. The first kappa shape index (κ1) is 16.9. The minimum atomic E-state index is -3.58. The number of hydrogen-bond acceptors (Lipinski definition) is 4. The number of sulfonamides is 1. The summed E-state index contributed by atoms with van der Waals surface area (Å²) in [5.41, 5.74) is 0.560. The second-order valence-corrected chi connectivity index (χ2v) is 6.26. The first-order chi connectivity index (χ1) is 9.48. The zero-order valence-electron chi connectivity index (χ0n) is 12.2. The Hall–Kier alpha value is -1.11. The molecule has 5 nitrogen and oxygen atoms in total. The summed E-state index contributed by atoms with van der Waals surface area (Å²) in [7, 11) is -2.06. The lowest BCUT2D eigenvalue weighted by molar-refractivity contribution is 0.298. The van der Waals surface area contributed by atoms with Crippen molar-refractivity contribution in [3.63, 3.8) is 0 Å². The lowest BCUT2D eigenvalue weighted by atomic mass is 10.1. The van der Waals surface area contributed by atoms with Gasteiger partial charge in [0.15, 0.2) is 0 Å². The average Bonchev–Trinajstić information content (AvgIpc) is 2.44. The van der Waals surface area contributed by atoms with Crippen molar-refractivity contribution in [3.05, 3.63) is 23.8 Å². The summed E-state index contributed by atoms with van der Waals surface area (Å²) in [6.45, 7) is 3.78. The van der Waals surface area contributed by atoms with E-state index in [1.807, 2.05) is 13.8 Å². The molecule has 20 heavy (non-hydrogen) atoms. The van der Waals surface area contributed by atoms with Crippen LogP contribution < -0.4 is 9.46 Å². The molecule has 0 saturated carbocycles. The van der Waals surface area contributed by atoms with E-state index in [2.05, 4.69) is 4.72 Å². The van der Waals surface area contributed by atoms with Crippen LogP contribution in [-0.2, 0) is 16.4 Å². The molecule has 1 aromatic carbocycles. The van der Waals surface area contributed by atoms with Crippen LogP contribution in [0.5, 0.6) is 5.75 Å². The number of methoxy groups -OCH3 is 1. The summed E-state index contributed by atoms with van der Waals surface area (Å²) in [5.74, 6) is 0.579. The Balaban J connectivity index is 3.16. The molecule has 0 aromatic heterocycles. The second-order valence-electron chi connectivity index (χ2n) is 4.58. The lowest BCUT2D eigenvalue weighted by Crippen LogP contribution is -2.34. The van der Waals surface area contributed by atoms with Crippen LogP contribution in [0.1, 0.15) is 32.3 Å². The summed E-state index contributed by atoms with van der Waals surface area (Å²) in [5, 5.41) is 9.09. The standard InChI is InChI=1S/C14H23NO4S/c1-4-12(5-2)15-20(17,18)14-7-6-13(19-3)10-11(14)8-9-16/h6-7,10,12,15-16H,4-5,8-9H2,1-3H3. The predicted molar refractivity (Wildman–Crippen MR) is 78.5 cm³/mol. The molecule has 0 spiro atoms. The van der Waals surface area contributed by atoms with E-state index in [-0.39, 0.29) is 24.0 Å². The fourth-order valence-electron chi connectivity index (χ4n) is 2.00. The van der Waals surface area contributed by atoms with Gasteiger partial charge in [-0.1, -0.05) is 13.8 Å². The maximum absolute atomic E-state index is 12.4. The predicted octanol–water partition coefficient (Wildman–Crippen LogP) is 1.70. The van der Waals surface area contributed by atoms with Gasteiger partial charge in [0.2, 0.25) is 10.0 Å². The number of ether oxygens (including phenoxy) is 1. The van der Waals surface area contributed by atoms with E-state index in [1.54, 1.807) is 12.1 Å². The van der Waals surface area contributed by atoms with Crippen LogP contribution in [0.25, 0.3) is 0 Å². The largest absolute Gasteiger partial charge is 0.497 e. The molecule has 1 aromatic rings. The SMILES string of the molecule is CCC(CC)NS(=O)(=O)c1ccc(OC)cc1CCO. The molecule has 0 radical (unpaired) electrons. The third-order valence-electron chi connectivity index (χ3n) is 3.25. The van der Waals surface area contributed by atoms with Crippen LogP contribution in [0, 0.1) is 0 Å². The molecule has 0 fully saturated rings. The fraction of sp³-hybridized carbons (Fsp3) is 0.571. The van der Waals surface area contributed by atoms with E-state index in [0.29, 0.717) is 11.3 Å². The molecule has 2 N–H and O–H groups in total. The molecule has 6 heteroatoms. The molecule has 0 saturated heterocycles. The third kappa shape index (κ3) is 4.19. The zero-order valence-corrected chi connectivity index (χ0v) is 13.0. The average molecular weight is 301 g/mol. The lowest BCUT2D eigenvalue weighted by Gasteiger charge is -2.17. The van der Waals surface area contributed by atoms with Crippen LogP contribution in [-0.4, -0.2) is 33.3 Å². The Morgan fingerprint density at radius 1 is 1.30 bits per heavy atom. The molecule has 0 amide bonds. The molecule has 1 rings (SSSR count). The first-order valence-corrected chi connectivity index (χ1v) is 8.26. The molecular weight excluding hydrogens is 278 g/mol. The molecular formula is C14H23NO4S. The fourth-order valence-corrected chi connectivity index (χ4v) is 3.65. The summed E-state index contributed by atoms with van der Waals surface area (Å²) >= 11 is 0. The van der Waals surface area contributed by atoms with E-state index in [9.17, 15) is 8.42 Å². The van der Waals surface area contributed by atoms with Gasteiger partial charge in [-0.05, 0) is 43.0 Å². The van der Waals surface area contributed by atoms with Gasteiger partial charge >= 0.3 is 0 Å². The van der Waals surface area contributed by atoms with E-state index in [4.69, 9.17) is 9.84 Å². The number of aliphatic hydroxyl groups is 1. The Labute approximate surface area is 121 Å². The molecule has 114 valence electrons. The summed E-state index contributed by atoms with van der Waals surface area (Å²) in [6, 6.07) is 4.71. The smallest absolute Gasteiger partial charge is 0.241 e. The van der Waals surface area contributed by atoms with Gasteiger partial charge in [0.1, 0.15) is 5.75 Å². The molecule has 0 unspecified atom stereocenters. The van der Waals surface area contributed by atoms with E-state index >= 15 is 0 Å².